The third-order valence-corrected chi connectivity index (χ3v) is 3.82. The summed E-state index contributed by atoms with van der Waals surface area (Å²) in [6.45, 7) is -0.670. The first kappa shape index (κ1) is 16.0. The van der Waals surface area contributed by atoms with Crippen LogP contribution in [-0.2, 0) is 9.53 Å². The van der Waals surface area contributed by atoms with Gasteiger partial charge < -0.3 is 9.47 Å². The summed E-state index contributed by atoms with van der Waals surface area (Å²) < 4.78 is 10.5. The van der Waals surface area contributed by atoms with E-state index in [-0.39, 0.29) is 19.0 Å². The van der Waals surface area contributed by atoms with Gasteiger partial charge in [-0.15, -0.1) is 11.3 Å². The van der Waals surface area contributed by atoms with Crippen LogP contribution in [0.3, 0.4) is 0 Å². The molecule has 0 aliphatic heterocycles. The second-order valence-corrected chi connectivity index (χ2v) is 5.83. The molecular formula is C15H10ClNO4S. The quantitative estimate of drug-likeness (QED) is 0.599. The van der Waals surface area contributed by atoms with Crippen molar-refractivity contribution in [1.29, 1.82) is 5.26 Å². The highest BCUT2D eigenvalue weighted by atomic mass is 35.5. The molecule has 7 heteroatoms. The van der Waals surface area contributed by atoms with Crippen LogP contribution in [0, 0.1) is 11.3 Å². The Morgan fingerprint density at radius 2 is 1.86 bits per heavy atom. The van der Waals surface area contributed by atoms with Gasteiger partial charge in [-0.1, -0.05) is 11.6 Å². The van der Waals surface area contributed by atoms with E-state index in [4.69, 9.17) is 26.3 Å². The fourth-order valence-electron chi connectivity index (χ4n) is 1.49. The highest BCUT2D eigenvalue weighted by molar-refractivity contribution is 7.18. The van der Waals surface area contributed by atoms with Gasteiger partial charge in [-0.2, -0.15) is 5.26 Å². The molecule has 0 bridgehead atoms. The molecule has 0 spiro atoms. The molecule has 2 rings (SSSR count). The number of carbonyl (C=O) groups excluding carboxylic acids is 2. The number of Topliss-reactive ketones (excluding diaryl/α,β-unsaturated/α-hetero) is 1. The van der Waals surface area contributed by atoms with E-state index in [1.165, 1.54) is 0 Å². The zero-order chi connectivity index (χ0) is 15.9. The maximum Gasteiger partial charge on any atom is 0.344 e. The summed E-state index contributed by atoms with van der Waals surface area (Å²) in [6.07, 6.45) is 0. The third-order valence-electron chi connectivity index (χ3n) is 2.55. The molecule has 0 fully saturated rings. The zero-order valence-electron chi connectivity index (χ0n) is 11.2. The number of thiophene rings is 1. The van der Waals surface area contributed by atoms with Gasteiger partial charge in [-0.25, -0.2) is 4.79 Å². The van der Waals surface area contributed by atoms with Crippen LogP contribution in [0.15, 0.2) is 36.4 Å². The van der Waals surface area contributed by atoms with Crippen molar-refractivity contribution in [2.24, 2.45) is 0 Å². The summed E-state index contributed by atoms with van der Waals surface area (Å²) in [5.74, 6) is -0.531. The number of carbonyl (C=O) groups is 2. The molecule has 0 aliphatic carbocycles. The van der Waals surface area contributed by atoms with Gasteiger partial charge in [0, 0.05) is 0 Å². The molecule has 22 heavy (non-hydrogen) atoms. The Balaban J connectivity index is 1.76. The minimum atomic E-state index is -0.652. The Morgan fingerprint density at radius 1 is 1.14 bits per heavy atom. The number of halogens is 1. The normalized spacial score (nSPS) is 9.82. The highest BCUT2D eigenvalue weighted by Gasteiger charge is 2.12. The van der Waals surface area contributed by atoms with Gasteiger partial charge in [0.25, 0.3) is 0 Å². The zero-order valence-corrected chi connectivity index (χ0v) is 12.8. The average molecular weight is 336 g/mol. The van der Waals surface area contributed by atoms with E-state index in [2.05, 4.69) is 0 Å². The van der Waals surface area contributed by atoms with Crippen molar-refractivity contribution >= 4 is 34.7 Å². The molecule has 1 aromatic carbocycles. The number of nitriles is 1. The summed E-state index contributed by atoms with van der Waals surface area (Å²) in [4.78, 5) is 23.7. The van der Waals surface area contributed by atoms with Crippen LogP contribution < -0.4 is 4.74 Å². The molecule has 1 heterocycles. The number of hydrogen-bond acceptors (Lipinski definition) is 6. The van der Waals surface area contributed by atoms with Crippen molar-refractivity contribution in [2.45, 2.75) is 0 Å². The molecular weight excluding hydrogens is 326 g/mol. The van der Waals surface area contributed by atoms with Crippen molar-refractivity contribution < 1.29 is 19.1 Å². The third kappa shape index (κ3) is 4.58. The van der Waals surface area contributed by atoms with Crippen LogP contribution in [0.4, 0.5) is 0 Å². The Morgan fingerprint density at radius 3 is 2.45 bits per heavy atom. The largest absolute Gasteiger partial charge is 0.482 e. The molecule has 0 amide bonds. The lowest BCUT2D eigenvalue weighted by Crippen LogP contribution is -2.19. The minimum absolute atomic E-state index is 0.315. The monoisotopic (exact) mass is 335 g/mol. The van der Waals surface area contributed by atoms with Crippen LogP contribution in [0.1, 0.15) is 15.2 Å². The van der Waals surface area contributed by atoms with Gasteiger partial charge in [-0.3, -0.25) is 4.79 Å². The van der Waals surface area contributed by atoms with Crippen LogP contribution in [-0.4, -0.2) is 25.0 Å². The SMILES string of the molecule is N#Cc1ccc(OCC(=O)OCC(=O)c2ccc(Cl)s2)cc1. The van der Waals surface area contributed by atoms with E-state index in [1.807, 2.05) is 6.07 Å². The van der Waals surface area contributed by atoms with Crippen LogP contribution in [0.5, 0.6) is 5.75 Å². The predicted octanol–water partition coefficient (Wildman–Crippen LogP) is 3.08. The molecule has 2 aromatic rings. The van der Waals surface area contributed by atoms with Crippen molar-refractivity contribution in [3.05, 3.63) is 51.2 Å². The molecule has 0 N–H and O–H groups in total. The fourth-order valence-corrected chi connectivity index (χ4v) is 2.46. The summed E-state index contributed by atoms with van der Waals surface area (Å²) >= 11 is 6.85. The number of rotatable bonds is 6. The second-order valence-electron chi connectivity index (χ2n) is 4.11. The van der Waals surface area contributed by atoms with E-state index in [0.717, 1.165) is 11.3 Å². The topological polar surface area (TPSA) is 76.4 Å². The van der Waals surface area contributed by atoms with Crippen molar-refractivity contribution in [2.75, 3.05) is 13.2 Å². The maximum absolute atomic E-state index is 11.7. The summed E-state index contributed by atoms with van der Waals surface area (Å²) in [7, 11) is 0. The van der Waals surface area contributed by atoms with E-state index in [9.17, 15) is 9.59 Å². The predicted molar refractivity (Wildman–Crippen MR) is 81.3 cm³/mol. The van der Waals surface area contributed by atoms with Gasteiger partial charge >= 0.3 is 5.97 Å². The first-order valence-electron chi connectivity index (χ1n) is 6.15. The summed E-state index contributed by atoms with van der Waals surface area (Å²) in [6, 6.07) is 11.5. The van der Waals surface area contributed by atoms with Gasteiger partial charge in [0.1, 0.15) is 5.75 Å². The van der Waals surface area contributed by atoms with Crippen molar-refractivity contribution in [1.82, 2.24) is 0 Å². The van der Waals surface area contributed by atoms with Crippen molar-refractivity contribution in [3.63, 3.8) is 0 Å². The molecule has 112 valence electrons. The molecule has 0 saturated heterocycles. The van der Waals surface area contributed by atoms with Crippen LogP contribution in [0.2, 0.25) is 4.34 Å². The van der Waals surface area contributed by atoms with E-state index in [0.29, 0.717) is 20.5 Å². The Bertz CT molecular complexity index is 718. The maximum atomic E-state index is 11.7. The van der Waals surface area contributed by atoms with Crippen LogP contribution in [0.25, 0.3) is 0 Å². The number of nitrogens with zero attached hydrogens (tertiary/aromatic N) is 1. The first-order chi connectivity index (χ1) is 10.6. The standard InChI is InChI=1S/C15H10ClNO4S/c16-14-6-5-13(22-14)12(18)8-21-15(19)9-20-11-3-1-10(7-17)2-4-11/h1-6H,8-9H2. The number of benzene rings is 1. The number of esters is 1. The molecule has 0 atom stereocenters. The summed E-state index contributed by atoms with van der Waals surface area (Å²) in [5, 5.41) is 8.66. The highest BCUT2D eigenvalue weighted by Crippen LogP contribution is 2.21. The smallest absolute Gasteiger partial charge is 0.344 e. The van der Waals surface area contributed by atoms with E-state index < -0.39 is 5.97 Å². The molecule has 0 saturated carbocycles. The summed E-state index contributed by atoms with van der Waals surface area (Å²) in [5.41, 5.74) is 0.495. The van der Waals surface area contributed by atoms with E-state index in [1.54, 1.807) is 36.4 Å². The second kappa shape index (κ2) is 7.59. The minimum Gasteiger partial charge on any atom is -0.482 e. The number of hydrogen-bond donors (Lipinski definition) is 0. The molecule has 1 aromatic heterocycles. The first-order valence-corrected chi connectivity index (χ1v) is 7.35. The lowest BCUT2D eigenvalue weighted by Gasteiger charge is -2.06. The van der Waals surface area contributed by atoms with Gasteiger partial charge in [0.05, 0.1) is 20.8 Å². The molecule has 5 nitrogen and oxygen atoms in total. The number of ketones is 1. The van der Waals surface area contributed by atoms with Gasteiger partial charge in [-0.05, 0) is 36.4 Å². The lowest BCUT2D eigenvalue weighted by atomic mass is 10.2. The Labute approximate surface area is 135 Å². The Kier molecular flexibility index (Phi) is 5.53. The number of ether oxygens (including phenoxy) is 2. The van der Waals surface area contributed by atoms with E-state index >= 15 is 0 Å². The van der Waals surface area contributed by atoms with Crippen molar-refractivity contribution in [3.8, 4) is 11.8 Å². The van der Waals surface area contributed by atoms with Gasteiger partial charge in [0.15, 0.2) is 13.2 Å². The fraction of sp³-hybridized carbons (Fsp3) is 0.133. The molecule has 0 aliphatic rings. The molecule has 0 radical (unpaired) electrons. The van der Waals surface area contributed by atoms with Gasteiger partial charge in [0.2, 0.25) is 5.78 Å². The molecule has 0 unspecified atom stereocenters. The average Bonchev–Trinajstić information content (AvgIpc) is 2.97. The Hall–Kier alpha value is -2.36. The van der Waals surface area contributed by atoms with Crippen LogP contribution >= 0.6 is 22.9 Å². The lowest BCUT2D eigenvalue weighted by molar-refractivity contribution is -0.144.